The zero-order chi connectivity index (χ0) is 22.8. The monoisotopic (exact) mass is 465 g/mol. The number of benzene rings is 2. The zero-order valence-corrected chi connectivity index (χ0v) is 18.7. The number of aromatic nitrogens is 3. The molecule has 0 unspecified atom stereocenters. The van der Waals surface area contributed by atoms with Crippen LogP contribution in [0.4, 0.5) is 0 Å². The fourth-order valence-corrected chi connectivity index (χ4v) is 4.88. The van der Waals surface area contributed by atoms with Gasteiger partial charge in [-0.05, 0) is 43.2 Å². The van der Waals surface area contributed by atoms with Crippen LogP contribution in [-0.2, 0) is 9.59 Å². The van der Waals surface area contributed by atoms with E-state index in [0.29, 0.717) is 48.4 Å². The van der Waals surface area contributed by atoms with Crippen molar-refractivity contribution in [3.8, 4) is 28.6 Å². The maximum atomic E-state index is 12.8. The number of hydrogen-bond acceptors (Lipinski definition) is 7. The normalized spacial score (nSPS) is 15.6. The van der Waals surface area contributed by atoms with E-state index < -0.39 is 0 Å². The zero-order valence-electron chi connectivity index (χ0n) is 17.8. The van der Waals surface area contributed by atoms with Gasteiger partial charge in [-0.1, -0.05) is 30.0 Å². The molecule has 0 bridgehead atoms. The van der Waals surface area contributed by atoms with Gasteiger partial charge in [-0.3, -0.25) is 14.2 Å². The molecule has 33 heavy (non-hydrogen) atoms. The Balaban J connectivity index is 1.37. The minimum atomic E-state index is -0.288. The molecule has 1 fully saturated rings. The highest BCUT2D eigenvalue weighted by atomic mass is 32.2. The lowest BCUT2D eigenvalue weighted by Gasteiger charge is -2.30. The number of thioether (sulfide) groups is 1. The number of para-hydroxylation sites is 1. The highest BCUT2D eigenvalue weighted by Gasteiger charge is 2.27. The van der Waals surface area contributed by atoms with Crippen molar-refractivity contribution in [3.05, 3.63) is 48.5 Å². The van der Waals surface area contributed by atoms with Crippen molar-refractivity contribution in [2.45, 2.75) is 18.0 Å². The summed E-state index contributed by atoms with van der Waals surface area (Å²) in [5.74, 6) is 1.82. The van der Waals surface area contributed by atoms with Gasteiger partial charge in [0.05, 0.1) is 5.75 Å². The van der Waals surface area contributed by atoms with Crippen LogP contribution >= 0.6 is 11.8 Å². The van der Waals surface area contributed by atoms with Crippen molar-refractivity contribution < 1.29 is 19.1 Å². The topological polar surface area (TPSA) is 113 Å². The van der Waals surface area contributed by atoms with Crippen LogP contribution in [0.1, 0.15) is 12.8 Å². The van der Waals surface area contributed by atoms with E-state index in [9.17, 15) is 9.59 Å². The largest absolute Gasteiger partial charge is 0.454 e. The molecule has 0 radical (unpaired) electrons. The molecule has 3 aromatic rings. The first-order valence-corrected chi connectivity index (χ1v) is 11.7. The second-order valence-electron chi connectivity index (χ2n) is 7.89. The molecule has 2 aliphatic heterocycles. The summed E-state index contributed by atoms with van der Waals surface area (Å²) in [5.41, 5.74) is 7.13. The van der Waals surface area contributed by atoms with Crippen LogP contribution in [0.15, 0.2) is 53.7 Å². The van der Waals surface area contributed by atoms with Crippen molar-refractivity contribution in [1.82, 2.24) is 19.7 Å². The van der Waals surface area contributed by atoms with Gasteiger partial charge in [0, 0.05) is 30.3 Å². The molecule has 9 nitrogen and oxygen atoms in total. The fourth-order valence-electron chi connectivity index (χ4n) is 4.03. The van der Waals surface area contributed by atoms with Crippen molar-refractivity contribution in [2.75, 3.05) is 25.6 Å². The molecule has 0 atom stereocenters. The highest BCUT2D eigenvalue weighted by Crippen LogP contribution is 2.37. The molecule has 170 valence electrons. The van der Waals surface area contributed by atoms with Gasteiger partial charge in [0.1, 0.15) is 0 Å². The van der Waals surface area contributed by atoms with Crippen LogP contribution < -0.4 is 15.2 Å². The molecule has 2 N–H and O–H groups in total. The standard InChI is InChI=1S/C23H23N5O4S/c24-21(30)15-8-10-27(11-9-15)20(29)13-33-23-26-25-22(28(23)17-4-2-1-3-5-17)16-6-7-18-19(12-16)32-14-31-18/h1-7,12,15H,8-11,13-14H2,(H2,24,30). The summed E-state index contributed by atoms with van der Waals surface area (Å²) < 4.78 is 12.9. The number of hydrogen-bond donors (Lipinski definition) is 1. The number of piperidine rings is 1. The Morgan fingerprint density at radius 1 is 1.03 bits per heavy atom. The molecule has 0 spiro atoms. The number of amides is 2. The first kappa shape index (κ1) is 21.3. The Hall–Kier alpha value is -3.53. The number of carbonyl (C=O) groups is 2. The number of nitrogens with zero attached hydrogens (tertiary/aromatic N) is 4. The number of primary amides is 1. The van der Waals surface area contributed by atoms with Crippen LogP contribution in [-0.4, -0.2) is 57.1 Å². The van der Waals surface area contributed by atoms with Gasteiger partial charge in [-0.25, -0.2) is 0 Å². The summed E-state index contributed by atoms with van der Waals surface area (Å²) in [4.78, 5) is 26.0. The minimum absolute atomic E-state index is 0.00941. The predicted molar refractivity (Wildman–Crippen MR) is 122 cm³/mol. The molecule has 2 amide bonds. The van der Waals surface area contributed by atoms with Crippen molar-refractivity contribution in [2.24, 2.45) is 11.7 Å². The summed E-state index contributed by atoms with van der Waals surface area (Å²) in [7, 11) is 0. The first-order chi connectivity index (χ1) is 16.1. The molecule has 1 saturated heterocycles. The molecule has 0 aliphatic carbocycles. The minimum Gasteiger partial charge on any atom is -0.454 e. The highest BCUT2D eigenvalue weighted by molar-refractivity contribution is 7.99. The van der Waals surface area contributed by atoms with Gasteiger partial charge in [0.15, 0.2) is 22.5 Å². The maximum absolute atomic E-state index is 12.8. The molecular weight excluding hydrogens is 442 g/mol. The Morgan fingerprint density at radius 3 is 2.55 bits per heavy atom. The van der Waals surface area contributed by atoms with E-state index in [1.165, 1.54) is 11.8 Å². The Labute approximate surface area is 194 Å². The van der Waals surface area contributed by atoms with Crippen molar-refractivity contribution in [1.29, 1.82) is 0 Å². The number of carbonyl (C=O) groups excluding carboxylic acids is 2. The van der Waals surface area contributed by atoms with E-state index >= 15 is 0 Å². The first-order valence-electron chi connectivity index (χ1n) is 10.7. The number of ether oxygens (including phenoxy) is 2. The SMILES string of the molecule is NC(=O)C1CCN(C(=O)CSc2nnc(-c3ccc4c(c3)OCO4)n2-c2ccccc2)CC1. The van der Waals surface area contributed by atoms with Crippen molar-refractivity contribution in [3.63, 3.8) is 0 Å². The molecule has 5 rings (SSSR count). The summed E-state index contributed by atoms with van der Waals surface area (Å²) >= 11 is 1.34. The third kappa shape index (κ3) is 4.38. The van der Waals surface area contributed by atoms with Gasteiger partial charge >= 0.3 is 0 Å². The lowest BCUT2D eigenvalue weighted by Crippen LogP contribution is -2.42. The third-order valence-corrected chi connectivity index (χ3v) is 6.77. The molecule has 2 aliphatic rings. The number of nitrogens with two attached hydrogens (primary N) is 1. The van der Waals surface area contributed by atoms with Crippen LogP contribution in [0, 0.1) is 5.92 Å². The molecule has 3 heterocycles. The van der Waals surface area contributed by atoms with E-state index in [1.54, 1.807) is 4.90 Å². The second kappa shape index (κ2) is 9.14. The summed E-state index contributed by atoms with van der Waals surface area (Å²) in [6.45, 7) is 1.28. The second-order valence-corrected chi connectivity index (χ2v) is 8.83. The van der Waals surface area contributed by atoms with E-state index in [2.05, 4.69) is 10.2 Å². The van der Waals surface area contributed by atoms with Crippen LogP contribution in [0.5, 0.6) is 11.5 Å². The van der Waals surface area contributed by atoms with Gasteiger partial charge in [-0.2, -0.15) is 0 Å². The van der Waals surface area contributed by atoms with Gasteiger partial charge in [-0.15, -0.1) is 10.2 Å². The van der Waals surface area contributed by atoms with Gasteiger partial charge < -0.3 is 20.1 Å². The Morgan fingerprint density at radius 2 is 1.79 bits per heavy atom. The molecule has 0 saturated carbocycles. The predicted octanol–water partition coefficient (Wildman–Crippen LogP) is 2.48. The van der Waals surface area contributed by atoms with Crippen molar-refractivity contribution >= 4 is 23.6 Å². The Kier molecular flexibility index (Phi) is 5.91. The maximum Gasteiger partial charge on any atom is 0.233 e. The fraction of sp³-hybridized carbons (Fsp3) is 0.304. The number of rotatable bonds is 6. The number of likely N-dealkylation sites (tertiary alicyclic amines) is 1. The summed E-state index contributed by atoms with van der Waals surface area (Å²) in [5, 5.41) is 9.43. The average Bonchev–Trinajstić information content (AvgIpc) is 3.49. The van der Waals surface area contributed by atoms with E-state index in [0.717, 1.165) is 11.3 Å². The average molecular weight is 466 g/mol. The van der Waals surface area contributed by atoms with E-state index in [4.69, 9.17) is 15.2 Å². The van der Waals surface area contributed by atoms with Gasteiger partial charge in [0.2, 0.25) is 18.6 Å². The van der Waals surface area contributed by atoms with Gasteiger partial charge in [0.25, 0.3) is 0 Å². The smallest absolute Gasteiger partial charge is 0.233 e. The summed E-state index contributed by atoms with van der Waals surface area (Å²) in [6, 6.07) is 15.4. The number of fused-ring (bicyclic) bond motifs is 1. The van der Waals surface area contributed by atoms with E-state index in [-0.39, 0.29) is 30.3 Å². The molecule has 1 aromatic heterocycles. The lowest BCUT2D eigenvalue weighted by atomic mass is 9.96. The van der Waals surface area contributed by atoms with Crippen LogP contribution in [0.3, 0.4) is 0 Å². The van der Waals surface area contributed by atoms with Crippen LogP contribution in [0.25, 0.3) is 17.1 Å². The quantitative estimate of drug-likeness (QED) is 0.557. The summed E-state index contributed by atoms with van der Waals surface area (Å²) in [6.07, 6.45) is 1.22. The third-order valence-electron chi connectivity index (χ3n) is 5.85. The molecule has 10 heteroatoms. The molecule has 2 aromatic carbocycles. The Bertz CT molecular complexity index is 1170. The van der Waals surface area contributed by atoms with Crippen LogP contribution in [0.2, 0.25) is 0 Å². The molecular formula is C23H23N5O4S. The lowest BCUT2D eigenvalue weighted by molar-refractivity contribution is -0.132. The van der Waals surface area contributed by atoms with E-state index in [1.807, 2.05) is 53.1 Å².